The second-order valence-corrected chi connectivity index (χ2v) is 6.75. The van der Waals surface area contributed by atoms with Crippen LogP contribution in [0.2, 0.25) is 5.02 Å². The number of anilines is 1. The maximum Gasteiger partial charge on any atom is 0.347 e. The molecule has 2 aromatic rings. The molecule has 4 rings (SSSR count). The molecular formula is C20H14ClNO7. The number of ether oxygens (including phenoxy) is 3. The molecule has 1 saturated heterocycles. The van der Waals surface area contributed by atoms with Gasteiger partial charge in [0.15, 0.2) is 0 Å². The molecule has 1 fully saturated rings. The first-order chi connectivity index (χ1) is 13.9. The largest absolute Gasteiger partial charge is 0.496 e. The van der Waals surface area contributed by atoms with Crippen molar-refractivity contribution in [2.75, 3.05) is 18.6 Å². The molecule has 1 atom stereocenters. The van der Waals surface area contributed by atoms with Crippen LogP contribution in [0.3, 0.4) is 0 Å². The van der Waals surface area contributed by atoms with Crippen LogP contribution in [0.25, 0.3) is 0 Å². The van der Waals surface area contributed by atoms with E-state index in [9.17, 15) is 19.2 Å². The van der Waals surface area contributed by atoms with Gasteiger partial charge in [0.25, 0.3) is 11.8 Å². The number of cyclic esters (lactones) is 1. The fourth-order valence-corrected chi connectivity index (χ4v) is 3.48. The van der Waals surface area contributed by atoms with Crippen LogP contribution in [-0.4, -0.2) is 43.6 Å². The summed E-state index contributed by atoms with van der Waals surface area (Å²) >= 11 is 6.30. The second kappa shape index (κ2) is 7.21. The average molecular weight is 416 g/mol. The molecule has 29 heavy (non-hydrogen) atoms. The van der Waals surface area contributed by atoms with Gasteiger partial charge in [-0.3, -0.25) is 9.59 Å². The fraction of sp³-hybridized carbons (Fsp3) is 0.200. The normalized spacial score (nSPS) is 17.9. The number of rotatable bonds is 4. The first kappa shape index (κ1) is 18.9. The number of methoxy groups -OCH3 is 1. The molecule has 0 spiro atoms. The summed E-state index contributed by atoms with van der Waals surface area (Å²) in [7, 11) is 1.32. The van der Waals surface area contributed by atoms with Crippen LogP contribution >= 0.6 is 11.6 Å². The van der Waals surface area contributed by atoms with Crippen molar-refractivity contribution < 1.29 is 33.4 Å². The van der Waals surface area contributed by atoms with E-state index in [4.69, 9.17) is 25.8 Å². The number of fused-ring (bicyclic) bond motifs is 1. The van der Waals surface area contributed by atoms with Gasteiger partial charge in [0.2, 0.25) is 6.10 Å². The molecule has 0 aliphatic carbocycles. The van der Waals surface area contributed by atoms with E-state index in [1.54, 1.807) is 24.3 Å². The second-order valence-electron chi connectivity index (χ2n) is 6.35. The van der Waals surface area contributed by atoms with Crippen molar-refractivity contribution in [2.45, 2.75) is 12.5 Å². The highest BCUT2D eigenvalue weighted by Gasteiger charge is 2.38. The fourth-order valence-electron chi connectivity index (χ4n) is 3.23. The Bertz CT molecular complexity index is 1030. The minimum Gasteiger partial charge on any atom is -0.496 e. The van der Waals surface area contributed by atoms with E-state index >= 15 is 0 Å². The highest BCUT2D eigenvalue weighted by atomic mass is 35.5. The molecule has 148 valence electrons. The predicted molar refractivity (Wildman–Crippen MR) is 100 cm³/mol. The van der Waals surface area contributed by atoms with Crippen LogP contribution in [0.5, 0.6) is 5.75 Å². The Morgan fingerprint density at radius 3 is 2.34 bits per heavy atom. The SMILES string of the molecule is COc1cc(N2C(=O)c3ccccc3C2=O)c(Cl)cc1C(=O)OC1CCOC1=O. The summed E-state index contributed by atoms with van der Waals surface area (Å²) in [6.45, 7) is 0.174. The third kappa shape index (κ3) is 3.11. The Hall–Kier alpha value is -3.39. The lowest BCUT2D eigenvalue weighted by atomic mass is 10.1. The van der Waals surface area contributed by atoms with Gasteiger partial charge in [0.1, 0.15) is 11.3 Å². The van der Waals surface area contributed by atoms with E-state index in [-0.39, 0.29) is 46.2 Å². The maximum atomic E-state index is 12.7. The third-order valence-corrected chi connectivity index (χ3v) is 4.96. The number of nitrogens with zero attached hydrogens (tertiary/aromatic N) is 1. The Morgan fingerprint density at radius 2 is 1.79 bits per heavy atom. The van der Waals surface area contributed by atoms with Gasteiger partial charge in [0.05, 0.1) is 35.6 Å². The van der Waals surface area contributed by atoms with Crippen molar-refractivity contribution in [1.82, 2.24) is 0 Å². The molecule has 0 radical (unpaired) electrons. The van der Waals surface area contributed by atoms with Gasteiger partial charge >= 0.3 is 11.9 Å². The molecule has 2 aromatic carbocycles. The van der Waals surface area contributed by atoms with Gasteiger partial charge in [0, 0.05) is 12.5 Å². The monoisotopic (exact) mass is 415 g/mol. The van der Waals surface area contributed by atoms with Gasteiger partial charge in [-0.1, -0.05) is 23.7 Å². The third-order valence-electron chi connectivity index (χ3n) is 4.66. The standard InChI is InChI=1S/C20H14ClNO7/c1-27-16-9-14(22-17(23)10-4-2-3-5-11(10)18(22)24)13(21)8-12(16)19(25)29-15-6-7-28-20(15)26/h2-5,8-9,15H,6-7H2,1H3. The topological polar surface area (TPSA) is 99.2 Å². The minimum absolute atomic E-state index is 0.0266. The zero-order valence-electron chi connectivity index (χ0n) is 15.1. The Kier molecular flexibility index (Phi) is 4.71. The van der Waals surface area contributed by atoms with Crippen molar-refractivity contribution in [1.29, 1.82) is 0 Å². The number of amides is 2. The van der Waals surface area contributed by atoms with Crippen LogP contribution in [0.1, 0.15) is 37.5 Å². The quantitative estimate of drug-likeness (QED) is 0.559. The lowest BCUT2D eigenvalue weighted by Crippen LogP contribution is -2.30. The van der Waals surface area contributed by atoms with Crippen molar-refractivity contribution in [3.63, 3.8) is 0 Å². The molecule has 2 aliphatic rings. The van der Waals surface area contributed by atoms with E-state index < -0.39 is 29.9 Å². The summed E-state index contributed by atoms with van der Waals surface area (Å²) < 4.78 is 15.2. The zero-order chi connectivity index (χ0) is 20.7. The number of carbonyl (C=O) groups is 4. The lowest BCUT2D eigenvalue weighted by molar-refractivity contribution is -0.145. The summed E-state index contributed by atoms with van der Waals surface area (Å²) in [4.78, 5) is 50.4. The van der Waals surface area contributed by atoms with Crippen molar-refractivity contribution in [3.05, 3.63) is 58.1 Å². The number of hydrogen-bond acceptors (Lipinski definition) is 7. The van der Waals surface area contributed by atoms with Gasteiger partial charge < -0.3 is 14.2 Å². The Balaban J connectivity index is 1.69. The molecule has 1 unspecified atom stereocenters. The first-order valence-electron chi connectivity index (χ1n) is 8.65. The van der Waals surface area contributed by atoms with Crippen molar-refractivity contribution >= 4 is 41.0 Å². The molecule has 8 nitrogen and oxygen atoms in total. The first-order valence-corrected chi connectivity index (χ1v) is 9.03. The number of hydrogen-bond donors (Lipinski definition) is 0. The van der Waals surface area contributed by atoms with Gasteiger partial charge in [-0.15, -0.1) is 0 Å². The van der Waals surface area contributed by atoms with Gasteiger partial charge in [-0.2, -0.15) is 0 Å². The smallest absolute Gasteiger partial charge is 0.347 e. The van der Waals surface area contributed by atoms with Gasteiger partial charge in [-0.05, 0) is 18.2 Å². The minimum atomic E-state index is -0.998. The van der Waals surface area contributed by atoms with E-state index in [1.165, 1.54) is 19.2 Å². The Labute approximate surface area is 169 Å². The Morgan fingerprint density at radius 1 is 1.14 bits per heavy atom. The highest BCUT2D eigenvalue weighted by molar-refractivity contribution is 6.40. The summed E-state index contributed by atoms with van der Waals surface area (Å²) in [6.07, 6.45) is -0.741. The number of benzene rings is 2. The van der Waals surface area contributed by atoms with E-state index in [2.05, 4.69) is 0 Å². The molecule has 9 heteroatoms. The molecule has 0 aromatic heterocycles. The molecule has 0 N–H and O–H groups in total. The molecular weight excluding hydrogens is 402 g/mol. The summed E-state index contributed by atoms with van der Waals surface area (Å²) in [5.74, 6) is -2.47. The van der Waals surface area contributed by atoms with Crippen LogP contribution < -0.4 is 9.64 Å². The van der Waals surface area contributed by atoms with Crippen molar-refractivity contribution in [3.8, 4) is 5.75 Å². The highest BCUT2D eigenvalue weighted by Crippen LogP contribution is 2.38. The molecule has 2 heterocycles. The summed E-state index contributed by atoms with van der Waals surface area (Å²) in [5.41, 5.74) is 0.552. The number of esters is 2. The van der Waals surface area contributed by atoms with Crippen LogP contribution in [-0.2, 0) is 14.3 Å². The number of carbonyl (C=O) groups excluding carboxylic acids is 4. The van der Waals surface area contributed by atoms with Crippen molar-refractivity contribution in [2.24, 2.45) is 0 Å². The molecule has 2 amide bonds. The van der Waals surface area contributed by atoms with Crippen LogP contribution in [0.15, 0.2) is 36.4 Å². The average Bonchev–Trinajstić information content (AvgIpc) is 3.23. The molecule has 0 saturated carbocycles. The predicted octanol–water partition coefficient (Wildman–Crippen LogP) is 2.62. The zero-order valence-corrected chi connectivity index (χ0v) is 15.9. The van der Waals surface area contributed by atoms with E-state index in [1.807, 2.05) is 0 Å². The van der Waals surface area contributed by atoms with E-state index in [0.717, 1.165) is 4.90 Å². The number of imide groups is 1. The van der Waals surface area contributed by atoms with E-state index in [0.29, 0.717) is 0 Å². The van der Waals surface area contributed by atoms with Crippen LogP contribution in [0, 0.1) is 0 Å². The summed E-state index contributed by atoms with van der Waals surface area (Å²) in [6, 6.07) is 8.96. The van der Waals surface area contributed by atoms with Gasteiger partial charge in [-0.25, -0.2) is 14.5 Å². The molecule has 2 aliphatic heterocycles. The number of halogens is 1. The lowest BCUT2D eigenvalue weighted by Gasteiger charge is -2.18. The molecule has 0 bridgehead atoms. The summed E-state index contributed by atoms with van der Waals surface area (Å²) in [5, 5.41) is -0.0266. The van der Waals surface area contributed by atoms with Crippen LogP contribution in [0.4, 0.5) is 5.69 Å². The maximum absolute atomic E-state index is 12.7.